The average Bonchev–Trinajstić information content (AvgIpc) is 2.60. The van der Waals surface area contributed by atoms with E-state index in [4.69, 9.17) is 0 Å². The number of amides is 1. The SMILES string of the molecule is Cc1ncccc1N1CC(CBr)CC1=O. The van der Waals surface area contributed by atoms with Crippen molar-refractivity contribution in [1.29, 1.82) is 0 Å². The molecular weight excluding hydrogens is 256 g/mol. The van der Waals surface area contributed by atoms with Crippen LogP contribution in [0.2, 0.25) is 0 Å². The standard InChI is InChI=1S/C11H13BrN2O/c1-8-10(3-2-4-13-8)14-7-9(6-12)5-11(14)15/h2-4,9H,5-7H2,1H3. The fourth-order valence-corrected chi connectivity index (χ4v) is 2.31. The molecule has 1 aliphatic heterocycles. The molecule has 1 aromatic heterocycles. The predicted molar refractivity (Wildman–Crippen MR) is 63.2 cm³/mol. The molecule has 3 nitrogen and oxygen atoms in total. The van der Waals surface area contributed by atoms with Crippen molar-refractivity contribution in [3.63, 3.8) is 0 Å². The Balaban J connectivity index is 2.25. The van der Waals surface area contributed by atoms with Gasteiger partial charge in [-0.1, -0.05) is 15.9 Å². The van der Waals surface area contributed by atoms with Gasteiger partial charge in [-0.25, -0.2) is 0 Å². The molecule has 0 spiro atoms. The van der Waals surface area contributed by atoms with E-state index in [0.717, 1.165) is 23.3 Å². The molecule has 0 radical (unpaired) electrons. The maximum absolute atomic E-state index is 11.8. The Morgan fingerprint density at radius 2 is 2.47 bits per heavy atom. The Labute approximate surface area is 97.6 Å². The number of pyridine rings is 1. The summed E-state index contributed by atoms with van der Waals surface area (Å²) in [4.78, 5) is 17.8. The molecule has 1 amide bonds. The van der Waals surface area contributed by atoms with Crippen LogP contribution in [-0.2, 0) is 4.79 Å². The number of aryl methyl sites for hydroxylation is 1. The van der Waals surface area contributed by atoms with Gasteiger partial charge >= 0.3 is 0 Å². The molecule has 1 aliphatic rings. The third-order valence-corrected chi connectivity index (χ3v) is 3.61. The van der Waals surface area contributed by atoms with Gasteiger partial charge in [-0.05, 0) is 25.0 Å². The van der Waals surface area contributed by atoms with Gasteiger partial charge in [0.1, 0.15) is 0 Å². The zero-order valence-electron chi connectivity index (χ0n) is 8.61. The van der Waals surface area contributed by atoms with E-state index in [-0.39, 0.29) is 5.91 Å². The summed E-state index contributed by atoms with van der Waals surface area (Å²) in [7, 11) is 0. The number of rotatable bonds is 2. The van der Waals surface area contributed by atoms with Crippen LogP contribution in [0.25, 0.3) is 0 Å². The minimum Gasteiger partial charge on any atom is -0.310 e. The Morgan fingerprint density at radius 1 is 1.67 bits per heavy atom. The molecule has 0 saturated carbocycles. The lowest BCUT2D eigenvalue weighted by molar-refractivity contribution is -0.117. The molecule has 1 fully saturated rings. The number of nitrogens with zero attached hydrogens (tertiary/aromatic N) is 2. The van der Waals surface area contributed by atoms with Crippen LogP contribution in [0.3, 0.4) is 0 Å². The number of halogens is 1. The quantitative estimate of drug-likeness (QED) is 0.771. The summed E-state index contributed by atoms with van der Waals surface area (Å²) in [5, 5.41) is 0.883. The van der Waals surface area contributed by atoms with Gasteiger partial charge < -0.3 is 4.90 Å². The zero-order valence-corrected chi connectivity index (χ0v) is 10.2. The second-order valence-corrected chi connectivity index (χ2v) is 4.48. The van der Waals surface area contributed by atoms with Gasteiger partial charge in [0.05, 0.1) is 11.4 Å². The highest BCUT2D eigenvalue weighted by molar-refractivity contribution is 9.09. The van der Waals surface area contributed by atoms with Crippen molar-refractivity contribution in [2.75, 3.05) is 16.8 Å². The third kappa shape index (κ3) is 2.04. The van der Waals surface area contributed by atoms with Gasteiger partial charge in [0, 0.05) is 24.5 Å². The Bertz CT molecular complexity index is 381. The topological polar surface area (TPSA) is 33.2 Å². The van der Waals surface area contributed by atoms with Crippen LogP contribution in [-0.4, -0.2) is 22.8 Å². The van der Waals surface area contributed by atoms with Crippen LogP contribution in [0.4, 0.5) is 5.69 Å². The molecule has 2 heterocycles. The number of hydrogen-bond acceptors (Lipinski definition) is 2. The summed E-state index contributed by atoms with van der Waals surface area (Å²) in [6.45, 7) is 2.74. The van der Waals surface area contributed by atoms with E-state index in [0.29, 0.717) is 12.3 Å². The number of aromatic nitrogens is 1. The molecule has 15 heavy (non-hydrogen) atoms. The molecule has 1 atom stereocenters. The van der Waals surface area contributed by atoms with E-state index >= 15 is 0 Å². The van der Waals surface area contributed by atoms with Crippen molar-refractivity contribution >= 4 is 27.5 Å². The Kier molecular flexibility index (Phi) is 3.05. The van der Waals surface area contributed by atoms with Gasteiger partial charge in [0.2, 0.25) is 5.91 Å². The van der Waals surface area contributed by atoms with E-state index in [1.807, 2.05) is 24.0 Å². The van der Waals surface area contributed by atoms with Crippen molar-refractivity contribution < 1.29 is 4.79 Å². The first-order chi connectivity index (χ1) is 7.22. The van der Waals surface area contributed by atoms with Gasteiger partial charge in [-0.2, -0.15) is 0 Å². The van der Waals surface area contributed by atoms with E-state index in [1.54, 1.807) is 6.20 Å². The highest BCUT2D eigenvalue weighted by Gasteiger charge is 2.30. The van der Waals surface area contributed by atoms with Crippen LogP contribution >= 0.6 is 15.9 Å². The molecule has 4 heteroatoms. The van der Waals surface area contributed by atoms with Crippen LogP contribution in [0.5, 0.6) is 0 Å². The molecule has 0 aromatic carbocycles. The first-order valence-electron chi connectivity index (χ1n) is 5.00. The second-order valence-electron chi connectivity index (χ2n) is 3.84. The first kappa shape index (κ1) is 10.6. The minimum absolute atomic E-state index is 0.204. The number of alkyl halides is 1. The number of anilines is 1. The summed E-state index contributed by atoms with van der Waals surface area (Å²) in [5.41, 5.74) is 1.87. The van der Waals surface area contributed by atoms with Crippen LogP contribution in [0.15, 0.2) is 18.3 Å². The predicted octanol–water partition coefficient (Wildman–Crippen LogP) is 2.14. The average molecular weight is 269 g/mol. The van der Waals surface area contributed by atoms with Crippen LogP contribution in [0, 0.1) is 12.8 Å². The molecule has 2 rings (SSSR count). The van der Waals surface area contributed by atoms with Crippen LogP contribution < -0.4 is 4.90 Å². The van der Waals surface area contributed by atoms with Gasteiger partial charge in [0.25, 0.3) is 0 Å². The monoisotopic (exact) mass is 268 g/mol. The third-order valence-electron chi connectivity index (χ3n) is 2.69. The highest BCUT2D eigenvalue weighted by Crippen LogP contribution is 2.27. The Hall–Kier alpha value is -0.900. The van der Waals surface area contributed by atoms with Crippen molar-refractivity contribution in [3.05, 3.63) is 24.0 Å². The molecule has 1 saturated heterocycles. The summed E-state index contributed by atoms with van der Waals surface area (Å²) in [6.07, 6.45) is 2.39. The van der Waals surface area contributed by atoms with Crippen LogP contribution in [0.1, 0.15) is 12.1 Å². The van der Waals surface area contributed by atoms with E-state index < -0.39 is 0 Å². The summed E-state index contributed by atoms with van der Waals surface area (Å²) < 4.78 is 0. The number of carbonyl (C=O) groups excluding carboxylic acids is 1. The lowest BCUT2D eigenvalue weighted by Crippen LogP contribution is -2.25. The van der Waals surface area contributed by atoms with Crippen molar-refractivity contribution in [3.8, 4) is 0 Å². The molecule has 1 aromatic rings. The van der Waals surface area contributed by atoms with Crippen molar-refractivity contribution in [2.45, 2.75) is 13.3 Å². The molecule has 0 bridgehead atoms. The zero-order chi connectivity index (χ0) is 10.8. The van der Waals surface area contributed by atoms with Gasteiger partial charge in [-0.3, -0.25) is 9.78 Å². The van der Waals surface area contributed by atoms with Crippen molar-refractivity contribution in [1.82, 2.24) is 4.98 Å². The molecule has 1 unspecified atom stereocenters. The van der Waals surface area contributed by atoms with E-state index in [1.165, 1.54) is 0 Å². The van der Waals surface area contributed by atoms with E-state index in [9.17, 15) is 4.79 Å². The highest BCUT2D eigenvalue weighted by atomic mass is 79.9. The van der Waals surface area contributed by atoms with Gasteiger partial charge in [0.15, 0.2) is 0 Å². The fraction of sp³-hybridized carbons (Fsp3) is 0.455. The Morgan fingerprint density at radius 3 is 3.07 bits per heavy atom. The largest absolute Gasteiger partial charge is 0.310 e. The smallest absolute Gasteiger partial charge is 0.227 e. The second kappa shape index (κ2) is 4.31. The normalized spacial score (nSPS) is 21.1. The molecule has 0 aliphatic carbocycles. The molecule has 0 N–H and O–H groups in total. The van der Waals surface area contributed by atoms with Gasteiger partial charge in [-0.15, -0.1) is 0 Å². The lowest BCUT2D eigenvalue weighted by atomic mass is 10.2. The maximum Gasteiger partial charge on any atom is 0.227 e. The van der Waals surface area contributed by atoms with Crippen molar-refractivity contribution in [2.24, 2.45) is 5.92 Å². The summed E-state index contributed by atoms with van der Waals surface area (Å²) in [5.74, 6) is 0.632. The fourth-order valence-electron chi connectivity index (χ4n) is 1.88. The number of carbonyl (C=O) groups is 1. The molecular formula is C11H13BrN2O. The van der Waals surface area contributed by atoms with E-state index in [2.05, 4.69) is 20.9 Å². The molecule has 80 valence electrons. The maximum atomic E-state index is 11.8. The lowest BCUT2D eigenvalue weighted by Gasteiger charge is -2.17. The summed E-state index contributed by atoms with van der Waals surface area (Å²) in [6, 6.07) is 3.83. The summed E-state index contributed by atoms with van der Waals surface area (Å²) >= 11 is 3.43. The number of hydrogen-bond donors (Lipinski definition) is 0. The first-order valence-corrected chi connectivity index (χ1v) is 6.12. The minimum atomic E-state index is 0.204.